The highest BCUT2D eigenvalue weighted by Crippen LogP contribution is 2.19. The lowest BCUT2D eigenvalue weighted by Gasteiger charge is -2.19. The fraction of sp³-hybridized carbons (Fsp3) is 0.143. The lowest BCUT2D eigenvalue weighted by molar-refractivity contribution is 0.500. The number of nitrogen functional groups attached to an aromatic ring is 2. The van der Waals surface area contributed by atoms with Crippen molar-refractivity contribution in [2.24, 2.45) is 0 Å². The highest BCUT2D eigenvalue weighted by atomic mass is 19.4. The van der Waals surface area contributed by atoms with Gasteiger partial charge in [-0.3, -0.25) is 0 Å². The van der Waals surface area contributed by atoms with Crippen molar-refractivity contribution in [3.8, 4) is 0 Å². The van der Waals surface area contributed by atoms with Gasteiger partial charge in [0.1, 0.15) is 0 Å². The topological polar surface area (TPSA) is 52.0 Å². The number of anilines is 2. The molecule has 0 radical (unpaired) electrons. The molecule has 6 heteroatoms. The average molecular weight is 189 g/mol. The van der Waals surface area contributed by atoms with Gasteiger partial charge in [0, 0.05) is 11.4 Å². The zero-order valence-corrected chi connectivity index (χ0v) is 7.02. The summed E-state index contributed by atoms with van der Waals surface area (Å²) in [4.78, 5) is 0. The molecule has 72 valence electrons. The van der Waals surface area contributed by atoms with Gasteiger partial charge in [0.2, 0.25) is 0 Å². The zero-order valence-electron chi connectivity index (χ0n) is 7.02. The van der Waals surface area contributed by atoms with Gasteiger partial charge in [-0.05, 0) is 13.0 Å². The summed E-state index contributed by atoms with van der Waals surface area (Å²) in [6, 6.07) is 2.23. The summed E-state index contributed by atoms with van der Waals surface area (Å²) < 4.78 is 37.1. The Kier molecular flexibility index (Phi) is 2.15. The number of nitrogens with two attached hydrogens (primary N) is 2. The lowest BCUT2D eigenvalue weighted by Crippen LogP contribution is -2.36. The first-order valence-electron chi connectivity index (χ1n) is 3.68. The standard InChI is InChI=1S/C7H9BF3N2/c1-4-6(8(9,10)11)2-5(12)3-7(4)13/h2-3H,12-13H2,1H3/q-1. The summed E-state index contributed by atoms with van der Waals surface area (Å²) in [6.07, 6.45) is 0. The Bertz CT molecular complexity index is 335. The Morgan fingerprint density at radius 2 is 1.69 bits per heavy atom. The molecular weight excluding hydrogens is 180 g/mol. The number of halogens is 3. The van der Waals surface area contributed by atoms with E-state index in [-0.39, 0.29) is 16.9 Å². The average Bonchev–Trinajstić information content (AvgIpc) is 1.94. The van der Waals surface area contributed by atoms with Crippen LogP contribution in [0, 0.1) is 6.92 Å². The third kappa shape index (κ3) is 1.88. The van der Waals surface area contributed by atoms with Crippen molar-refractivity contribution in [2.45, 2.75) is 6.92 Å². The van der Waals surface area contributed by atoms with Crippen molar-refractivity contribution in [2.75, 3.05) is 11.5 Å². The summed E-state index contributed by atoms with van der Waals surface area (Å²) in [5.41, 5.74) is 10.1. The van der Waals surface area contributed by atoms with E-state index >= 15 is 0 Å². The van der Waals surface area contributed by atoms with E-state index in [1.807, 2.05) is 0 Å². The van der Waals surface area contributed by atoms with Crippen LogP contribution in [0.5, 0.6) is 0 Å². The molecule has 0 saturated heterocycles. The highest BCUT2D eigenvalue weighted by molar-refractivity contribution is 6.74. The van der Waals surface area contributed by atoms with Crippen LogP contribution in [0.15, 0.2) is 12.1 Å². The molecule has 0 aromatic heterocycles. The van der Waals surface area contributed by atoms with Gasteiger partial charge in [-0.1, -0.05) is 11.6 Å². The molecule has 4 N–H and O–H groups in total. The molecule has 1 aromatic rings. The minimum atomic E-state index is -5.03. The number of rotatable bonds is 1. The third-order valence-electron chi connectivity index (χ3n) is 1.86. The Morgan fingerprint density at radius 3 is 2.15 bits per heavy atom. The fourth-order valence-electron chi connectivity index (χ4n) is 1.12. The van der Waals surface area contributed by atoms with E-state index in [4.69, 9.17) is 11.5 Å². The van der Waals surface area contributed by atoms with E-state index in [0.29, 0.717) is 0 Å². The SMILES string of the molecule is Cc1c(N)cc(N)cc1[B-](F)(F)F. The Balaban J connectivity index is 3.37. The van der Waals surface area contributed by atoms with Crippen molar-refractivity contribution >= 4 is 23.8 Å². The first kappa shape index (κ1) is 9.76. The molecular formula is C7H9BF3N2-. The summed E-state index contributed by atoms with van der Waals surface area (Å²) in [7, 11) is 0. The molecule has 1 rings (SSSR count). The molecule has 0 aliphatic rings. The number of hydrogen-bond donors (Lipinski definition) is 2. The van der Waals surface area contributed by atoms with Gasteiger partial charge in [0.05, 0.1) is 0 Å². The van der Waals surface area contributed by atoms with Crippen LogP contribution in [0.2, 0.25) is 0 Å². The molecule has 0 saturated carbocycles. The monoisotopic (exact) mass is 189 g/mol. The summed E-state index contributed by atoms with van der Waals surface area (Å²) in [6.45, 7) is -3.70. The second-order valence-corrected chi connectivity index (χ2v) is 2.90. The molecule has 0 unspecified atom stereocenters. The molecule has 0 aliphatic heterocycles. The second-order valence-electron chi connectivity index (χ2n) is 2.90. The van der Waals surface area contributed by atoms with E-state index in [0.717, 1.165) is 6.07 Å². The van der Waals surface area contributed by atoms with Gasteiger partial charge in [0.15, 0.2) is 0 Å². The molecule has 0 atom stereocenters. The summed E-state index contributed by atoms with van der Waals surface area (Å²) >= 11 is 0. The first-order valence-corrected chi connectivity index (χ1v) is 3.68. The number of hydrogen-bond acceptors (Lipinski definition) is 2. The zero-order chi connectivity index (χ0) is 10.2. The van der Waals surface area contributed by atoms with Crippen LogP contribution in [0.3, 0.4) is 0 Å². The molecule has 0 spiro atoms. The van der Waals surface area contributed by atoms with Crippen LogP contribution in [-0.2, 0) is 0 Å². The van der Waals surface area contributed by atoms with Crippen LogP contribution in [0.4, 0.5) is 24.3 Å². The Labute approximate surface area is 73.8 Å². The van der Waals surface area contributed by atoms with Crippen molar-refractivity contribution in [1.82, 2.24) is 0 Å². The molecule has 13 heavy (non-hydrogen) atoms. The maximum atomic E-state index is 12.4. The van der Waals surface area contributed by atoms with Gasteiger partial charge in [0.25, 0.3) is 0 Å². The molecule has 0 aliphatic carbocycles. The molecule has 0 heterocycles. The van der Waals surface area contributed by atoms with Crippen LogP contribution < -0.4 is 16.9 Å². The van der Waals surface area contributed by atoms with Crippen LogP contribution in [0.1, 0.15) is 5.56 Å². The molecule has 0 fully saturated rings. The Morgan fingerprint density at radius 1 is 1.15 bits per heavy atom. The van der Waals surface area contributed by atoms with E-state index in [2.05, 4.69) is 0 Å². The molecule has 0 bridgehead atoms. The number of benzene rings is 1. The minimum absolute atomic E-state index is 0.0392. The van der Waals surface area contributed by atoms with Crippen molar-refractivity contribution in [3.05, 3.63) is 17.7 Å². The summed E-state index contributed by atoms with van der Waals surface area (Å²) in [5.74, 6) is 0. The van der Waals surface area contributed by atoms with Crippen molar-refractivity contribution < 1.29 is 12.9 Å². The maximum Gasteiger partial charge on any atom is 0.510 e. The quantitative estimate of drug-likeness (QED) is 0.515. The highest BCUT2D eigenvalue weighted by Gasteiger charge is 2.28. The minimum Gasteiger partial charge on any atom is -0.445 e. The predicted molar refractivity (Wildman–Crippen MR) is 48.7 cm³/mol. The van der Waals surface area contributed by atoms with E-state index in [1.165, 1.54) is 13.0 Å². The van der Waals surface area contributed by atoms with Crippen molar-refractivity contribution in [1.29, 1.82) is 0 Å². The van der Waals surface area contributed by atoms with E-state index in [1.54, 1.807) is 0 Å². The smallest absolute Gasteiger partial charge is 0.445 e. The van der Waals surface area contributed by atoms with E-state index in [9.17, 15) is 12.9 Å². The van der Waals surface area contributed by atoms with Crippen LogP contribution in [0.25, 0.3) is 0 Å². The second kappa shape index (κ2) is 2.87. The third-order valence-corrected chi connectivity index (χ3v) is 1.86. The van der Waals surface area contributed by atoms with E-state index < -0.39 is 12.4 Å². The van der Waals surface area contributed by atoms with Crippen LogP contribution in [-0.4, -0.2) is 6.98 Å². The fourth-order valence-corrected chi connectivity index (χ4v) is 1.12. The largest absolute Gasteiger partial charge is 0.510 e. The van der Waals surface area contributed by atoms with Gasteiger partial charge in [-0.2, -0.15) is 0 Å². The Hall–Kier alpha value is -1.33. The van der Waals surface area contributed by atoms with Gasteiger partial charge < -0.3 is 24.4 Å². The lowest BCUT2D eigenvalue weighted by atomic mass is 9.76. The molecule has 1 aromatic carbocycles. The molecule has 0 amide bonds. The first-order chi connectivity index (χ1) is 5.82. The van der Waals surface area contributed by atoms with Gasteiger partial charge >= 0.3 is 6.98 Å². The maximum absolute atomic E-state index is 12.4. The normalized spacial score (nSPS) is 11.7. The van der Waals surface area contributed by atoms with Crippen molar-refractivity contribution in [3.63, 3.8) is 0 Å². The summed E-state index contributed by atoms with van der Waals surface area (Å²) in [5, 5.41) is 0. The van der Waals surface area contributed by atoms with Gasteiger partial charge in [-0.25, -0.2) is 0 Å². The van der Waals surface area contributed by atoms with Gasteiger partial charge in [-0.15, -0.1) is 5.46 Å². The van der Waals surface area contributed by atoms with Crippen LogP contribution >= 0.6 is 0 Å². The predicted octanol–water partition coefficient (Wildman–Crippen LogP) is 1.21. The molecule has 2 nitrogen and oxygen atoms in total.